The summed E-state index contributed by atoms with van der Waals surface area (Å²) in [5.74, 6) is 0.0646. The maximum atomic E-state index is 12.8. The van der Waals surface area contributed by atoms with Crippen LogP contribution in [0, 0.1) is 0 Å². The molecule has 0 atom stereocenters. The minimum Gasteiger partial charge on any atom is -0.339 e. The number of piperazine rings is 1. The minimum atomic E-state index is -0.000387. The molecule has 0 radical (unpaired) electrons. The number of hydrogen-bond acceptors (Lipinski definition) is 5. The highest BCUT2D eigenvalue weighted by atomic mass is 32.1. The van der Waals surface area contributed by atoms with Crippen molar-refractivity contribution in [3.05, 3.63) is 34.8 Å². The van der Waals surface area contributed by atoms with Gasteiger partial charge in [0.1, 0.15) is 11.4 Å². The van der Waals surface area contributed by atoms with Gasteiger partial charge in [-0.1, -0.05) is 6.07 Å². The highest BCUT2D eigenvalue weighted by Gasteiger charge is 2.25. The van der Waals surface area contributed by atoms with Gasteiger partial charge in [0.05, 0.1) is 4.88 Å². The van der Waals surface area contributed by atoms with E-state index in [1.807, 2.05) is 38.4 Å². The molecule has 0 aromatic carbocycles. The third-order valence-corrected chi connectivity index (χ3v) is 5.95. The predicted octanol–water partition coefficient (Wildman–Crippen LogP) is 2.43. The first kappa shape index (κ1) is 15.3. The van der Waals surface area contributed by atoms with Crippen LogP contribution < -0.4 is 0 Å². The van der Waals surface area contributed by atoms with Crippen molar-refractivity contribution in [2.45, 2.75) is 6.92 Å². The molecule has 0 N–H and O–H groups in total. The fraction of sp³-hybridized carbons (Fsp3) is 0.312. The van der Waals surface area contributed by atoms with Crippen molar-refractivity contribution in [2.24, 2.45) is 0 Å². The van der Waals surface area contributed by atoms with Crippen LogP contribution in [0.3, 0.4) is 0 Å². The summed E-state index contributed by atoms with van der Waals surface area (Å²) in [7, 11) is 0. The van der Waals surface area contributed by atoms with Gasteiger partial charge in [0.15, 0.2) is 4.96 Å². The molecule has 0 spiro atoms. The Balaban J connectivity index is 1.58. The molecule has 4 heterocycles. The summed E-state index contributed by atoms with van der Waals surface area (Å²) in [5, 5.41) is 3.88. The third kappa shape index (κ3) is 2.61. The molecule has 124 valence electrons. The smallest absolute Gasteiger partial charge is 0.271 e. The van der Waals surface area contributed by atoms with Crippen LogP contribution in [0.15, 0.2) is 29.1 Å². The van der Waals surface area contributed by atoms with Gasteiger partial charge in [0, 0.05) is 44.7 Å². The predicted molar refractivity (Wildman–Crippen MR) is 94.5 cm³/mol. The molecule has 1 aliphatic heterocycles. The molecular formula is C16H16N4O2S2. The number of rotatable bonds is 2. The molecular weight excluding hydrogens is 344 g/mol. The van der Waals surface area contributed by atoms with Gasteiger partial charge in [-0.05, 0) is 11.4 Å². The summed E-state index contributed by atoms with van der Waals surface area (Å²) in [5.41, 5.74) is 1.54. The van der Waals surface area contributed by atoms with Crippen molar-refractivity contribution in [1.29, 1.82) is 0 Å². The Hall–Kier alpha value is -2.19. The Bertz CT molecular complexity index is 889. The quantitative estimate of drug-likeness (QED) is 0.705. The van der Waals surface area contributed by atoms with E-state index in [2.05, 4.69) is 4.98 Å². The molecule has 0 saturated carbocycles. The normalized spacial score (nSPS) is 15.2. The van der Waals surface area contributed by atoms with Crippen LogP contribution in [0.2, 0.25) is 0 Å². The summed E-state index contributed by atoms with van der Waals surface area (Å²) >= 11 is 3.11. The number of imidazole rings is 1. The Morgan fingerprint density at radius 3 is 2.54 bits per heavy atom. The highest BCUT2D eigenvalue weighted by Crippen LogP contribution is 2.27. The zero-order chi connectivity index (χ0) is 16.7. The van der Waals surface area contributed by atoms with E-state index in [4.69, 9.17) is 0 Å². The standard InChI is InChI=1S/C16H16N4O2S2/c1-11(21)18-4-6-19(7-5-18)15(22)13-10-24-16-17-12(9-20(13)16)14-3-2-8-23-14/h2-3,8-10H,4-7H2,1H3. The molecule has 4 rings (SSSR count). The number of nitrogens with zero attached hydrogens (tertiary/aromatic N) is 4. The molecule has 3 aromatic rings. The number of thiophene rings is 1. The van der Waals surface area contributed by atoms with Crippen LogP contribution in [-0.2, 0) is 4.79 Å². The highest BCUT2D eigenvalue weighted by molar-refractivity contribution is 7.15. The second-order valence-corrected chi connectivity index (χ2v) is 7.46. The van der Waals surface area contributed by atoms with Crippen molar-refractivity contribution >= 4 is 39.4 Å². The number of aromatic nitrogens is 2. The number of amides is 2. The van der Waals surface area contributed by atoms with Crippen molar-refractivity contribution in [3.63, 3.8) is 0 Å². The minimum absolute atomic E-state index is 0.000387. The lowest BCUT2D eigenvalue weighted by molar-refractivity contribution is -0.130. The first-order chi connectivity index (χ1) is 11.6. The second kappa shape index (κ2) is 6.03. The summed E-state index contributed by atoms with van der Waals surface area (Å²) < 4.78 is 1.87. The van der Waals surface area contributed by atoms with E-state index < -0.39 is 0 Å². The van der Waals surface area contributed by atoms with Crippen molar-refractivity contribution in [3.8, 4) is 10.6 Å². The summed E-state index contributed by atoms with van der Waals surface area (Å²) in [6.07, 6.45) is 1.93. The van der Waals surface area contributed by atoms with Gasteiger partial charge in [-0.25, -0.2) is 4.98 Å². The van der Waals surface area contributed by atoms with E-state index in [-0.39, 0.29) is 11.8 Å². The van der Waals surface area contributed by atoms with Crippen LogP contribution >= 0.6 is 22.7 Å². The molecule has 1 aliphatic rings. The summed E-state index contributed by atoms with van der Waals surface area (Å²) in [6, 6.07) is 4.02. The number of thiazole rings is 1. The van der Waals surface area contributed by atoms with Gasteiger partial charge in [0.2, 0.25) is 5.91 Å². The molecule has 24 heavy (non-hydrogen) atoms. The third-order valence-electron chi connectivity index (χ3n) is 4.21. The monoisotopic (exact) mass is 360 g/mol. The van der Waals surface area contributed by atoms with Gasteiger partial charge in [-0.3, -0.25) is 14.0 Å². The first-order valence-electron chi connectivity index (χ1n) is 7.69. The molecule has 0 aliphatic carbocycles. The van der Waals surface area contributed by atoms with Gasteiger partial charge in [-0.15, -0.1) is 22.7 Å². The lowest BCUT2D eigenvalue weighted by Gasteiger charge is -2.34. The van der Waals surface area contributed by atoms with Gasteiger partial charge < -0.3 is 9.80 Å². The van der Waals surface area contributed by atoms with E-state index in [0.29, 0.717) is 31.9 Å². The van der Waals surface area contributed by atoms with Crippen molar-refractivity contribution < 1.29 is 9.59 Å². The Morgan fingerprint density at radius 2 is 1.88 bits per heavy atom. The van der Waals surface area contributed by atoms with Gasteiger partial charge >= 0.3 is 0 Å². The molecule has 6 nitrogen and oxygen atoms in total. The van der Waals surface area contributed by atoms with Crippen LogP contribution in [0.5, 0.6) is 0 Å². The van der Waals surface area contributed by atoms with Gasteiger partial charge in [0.25, 0.3) is 5.91 Å². The number of carbonyl (C=O) groups is 2. The number of hydrogen-bond donors (Lipinski definition) is 0. The van der Waals surface area contributed by atoms with Crippen LogP contribution in [0.4, 0.5) is 0 Å². The maximum absolute atomic E-state index is 12.8. The average molecular weight is 360 g/mol. The molecule has 1 saturated heterocycles. The second-order valence-electron chi connectivity index (χ2n) is 5.68. The molecule has 0 bridgehead atoms. The Morgan fingerprint density at radius 1 is 1.12 bits per heavy atom. The fourth-order valence-electron chi connectivity index (χ4n) is 2.87. The number of fused-ring (bicyclic) bond motifs is 1. The molecule has 3 aromatic heterocycles. The number of carbonyl (C=O) groups excluding carboxylic acids is 2. The first-order valence-corrected chi connectivity index (χ1v) is 9.44. The molecule has 0 unspecified atom stereocenters. The van der Waals surface area contributed by atoms with Crippen LogP contribution in [-0.4, -0.2) is 57.2 Å². The lowest BCUT2D eigenvalue weighted by Crippen LogP contribution is -2.50. The van der Waals surface area contributed by atoms with E-state index in [9.17, 15) is 9.59 Å². The SMILES string of the molecule is CC(=O)N1CCN(C(=O)c2csc3nc(-c4cccs4)cn23)CC1. The zero-order valence-electron chi connectivity index (χ0n) is 13.1. The van der Waals surface area contributed by atoms with Gasteiger partial charge in [-0.2, -0.15) is 0 Å². The molecule has 1 fully saturated rings. The Labute approximate surface area is 146 Å². The average Bonchev–Trinajstić information content (AvgIpc) is 3.30. The summed E-state index contributed by atoms with van der Waals surface area (Å²) in [6.45, 7) is 3.90. The van der Waals surface area contributed by atoms with Crippen LogP contribution in [0.25, 0.3) is 15.5 Å². The topological polar surface area (TPSA) is 57.9 Å². The molecule has 8 heteroatoms. The van der Waals surface area contributed by atoms with E-state index in [1.165, 1.54) is 11.3 Å². The largest absolute Gasteiger partial charge is 0.339 e. The van der Waals surface area contributed by atoms with E-state index in [0.717, 1.165) is 15.5 Å². The van der Waals surface area contributed by atoms with E-state index >= 15 is 0 Å². The van der Waals surface area contributed by atoms with Crippen molar-refractivity contribution in [2.75, 3.05) is 26.2 Å². The van der Waals surface area contributed by atoms with Crippen LogP contribution in [0.1, 0.15) is 17.4 Å². The lowest BCUT2D eigenvalue weighted by atomic mass is 10.3. The molecule has 2 amide bonds. The summed E-state index contributed by atoms with van der Waals surface area (Å²) in [4.78, 5) is 34.4. The van der Waals surface area contributed by atoms with E-state index in [1.54, 1.807) is 23.2 Å². The fourth-order valence-corrected chi connectivity index (χ4v) is 4.39. The maximum Gasteiger partial charge on any atom is 0.271 e. The van der Waals surface area contributed by atoms with Crippen molar-refractivity contribution in [1.82, 2.24) is 19.2 Å². The Kier molecular flexibility index (Phi) is 3.85. The zero-order valence-corrected chi connectivity index (χ0v) is 14.8.